The molecule has 1 aromatic heterocycles. The molecule has 78 valence electrons. The first-order valence-corrected chi connectivity index (χ1v) is 4.78. The molecular weight excluding hydrogens is 184 g/mol. The van der Waals surface area contributed by atoms with Crippen LogP contribution >= 0.6 is 0 Å². The van der Waals surface area contributed by atoms with Crippen molar-refractivity contribution in [3.05, 3.63) is 61.1 Å². The number of hydrogen-bond acceptors (Lipinski definition) is 2. The molecule has 0 fully saturated rings. The maximum absolute atomic E-state index is 4.04. The van der Waals surface area contributed by atoms with Crippen molar-refractivity contribution in [3.63, 3.8) is 0 Å². The number of aromatic nitrogens is 1. The van der Waals surface area contributed by atoms with E-state index in [4.69, 9.17) is 0 Å². The maximum atomic E-state index is 4.04. The quantitative estimate of drug-likeness (QED) is 0.739. The van der Waals surface area contributed by atoms with Crippen molar-refractivity contribution in [3.8, 4) is 0 Å². The van der Waals surface area contributed by atoms with Crippen LogP contribution < -0.4 is 5.32 Å². The van der Waals surface area contributed by atoms with Crippen LogP contribution in [-0.2, 0) is 0 Å². The lowest BCUT2D eigenvalue weighted by atomic mass is 10.1. The van der Waals surface area contributed by atoms with Crippen molar-refractivity contribution in [1.82, 2.24) is 10.3 Å². The van der Waals surface area contributed by atoms with Crippen molar-refractivity contribution in [1.29, 1.82) is 0 Å². The van der Waals surface area contributed by atoms with Gasteiger partial charge in [0.2, 0.25) is 0 Å². The second-order valence-electron chi connectivity index (χ2n) is 3.46. The molecule has 15 heavy (non-hydrogen) atoms. The van der Waals surface area contributed by atoms with E-state index in [-0.39, 0.29) is 0 Å². The molecular formula is C13H16N2. The van der Waals surface area contributed by atoms with Gasteiger partial charge in [-0.15, -0.1) is 0 Å². The van der Waals surface area contributed by atoms with Crippen molar-refractivity contribution >= 4 is 5.57 Å². The average molecular weight is 200 g/mol. The van der Waals surface area contributed by atoms with Crippen molar-refractivity contribution in [2.24, 2.45) is 0 Å². The van der Waals surface area contributed by atoms with Crippen molar-refractivity contribution < 1.29 is 0 Å². The minimum Gasteiger partial charge on any atom is -0.381 e. The van der Waals surface area contributed by atoms with E-state index in [1.165, 1.54) is 0 Å². The van der Waals surface area contributed by atoms with Crippen molar-refractivity contribution in [2.75, 3.05) is 6.54 Å². The van der Waals surface area contributed by atoms with Crippen LogP contribution in [0.3, 0.4) is 0 Å². The fourth-order valence-electron chi connectivity index (χ4n) is 1.04. The third-order valence-corrected chi connectivity index (χ3v) is 2.10. The van der Waals surface area contributed by atoms with Crippen LogP contribution in [0, 0.1) is 0 Å². The molecule has 0 aliphatic heterocycles. The Kier molecular flexibility index (Phi) is 3.86. The van der Waals surface area contributed by atoms with Gasteiger partial charge < -0.3 is 5.32 Å². The van der Waals surface area contributed by atoms with E-state index in [2.05, 4.69) is 30.0 Å². The highest BCUT2D eigenvalue weighted by Crippen LogP contribution is 2.10. The molecule has 1 aromatic rings. The molecule has 0 aromatic carbocycles. The zero-order valence-electron chi connectivity index (χ0n) is 9.09. The second-order valence-corrected chi connectivity index (χ2v) is 3.46. The van der Waals surface area contributed by atoms with Crippen LogP contribution in [0.25, 0.3) is 5.57 Å². The summed E-state index contributed by atoms with van der Waals surface area (Å²) in [4.78, 5) is 4.04. The summed E-state index contributed by atoms with van der Waals surface area (Å²) in [5, 5.41) is 3.16. The predicted octanol–water partition coefficient (Wildman–Crippen LogP) is 2.77. The Hall–Kier alpha value is -1.83. The average Bonchev–Trinajstić information content (AvgIpc) is 2.26. The largest absolute Gasteiger partial charge is 0.381 e. The monoisotopic (exact) mass is 200 g/mol. The summed E-state index contributed by atoms with van der Waals surface area (Å²) in [6, 6.07) is 3.88. The van der Waals surface area contributed by atoms with Gasteiger partial charge in [0.05, 0.1) is 0 Å². The zero-order chi connectivity index (χ0) is 11.3. The molecule has 0 bridgehead atoms. The lowest BCUT2D eigenvalue weighted by Crippen LogP contribution is -2.15. The fourth-order valence-corrected chi connectivity index (χ4v) is 1.04. The van der Waals surface area contributed by atoms with Crippen LogP contribution in [0.1, 0.15) is 12.5 Å². The van der Waals surface area contributed by atoms with Gasteiger partial charge in [-0.2, -0.15) is 0 Å². The Bertz CT molecular complexity index is 377. The Morgan fingerprint density at radius 3 is 2.67 bits per heavy atom. The first kappa shape index (κ1) is 11.2. The van der Waals surface area contributed by atoms with E-state index in [1.54, 1.807) is 12.4 Å². The highest BCUT2D eigenvalue weighted by atomic mass is 14.9. The normalized spacial score (nSPS) is 9.40. The molecule has 0 aliphatic carbocycles. The first-order valence-electron chi connectivity index (χ1n) is 4.78. The molecule has 0 radical (unpaired) electrons. The van der Waals surface area contributed by atoms with Crippen LogP contribution in [0.4, 0.5) is 0 Å². The van der Waals surface area contributed by atoms with Crippen LogP contribution in [0.5, 0.6) is 0 Å². The molecule has 2 nitrogen and oxygen atoms in total. The Balaban J connectivity index is 2.51. The predicted molar refractivity (Wildman–Crippen MR) is 65.2 cm³/mol. The van der Waals surface area contributed by atoms with Gasteiger partial charge >= 0.3 is 0 Å². The van der Waals surface area contributed by atoms with Gasteiger partial charge in [-0.1, -0.05) is 25.8 Å². The molecule has 0 atom stereocenters. The SMILES string of the molecule is C=C(C)C(=C)NCC(=C)c1cccnc1. The number of rotatable bonds is 5. The topological polar surface area (TPSA) is 24.9 Å². The molecule has 0 saturated heterocycles. The van der Waals surface area contributed by atoms with Gasteiger partial charge in [-0.25, -0.2) is 0 Å². The number of pyridine rings is 1. The highest BCUT2D eigenvalue weighted by molar-refractivity contribution is 5.64. The fraction of sp³-hybridized carbons (Fsp3) is 0.154. The van der Waals surface area contributed by atoms with Crippen molar-refractivity contribution in [2.45, 2.75) is 6.92 Å². The van der Waals surface area contributed by atoms with Gasteiger partial charge in [-0.3, -0.25) is 4.98 Å². The summed E-state index contributed by atoms with van der Waals surface area (Å²) in [6.45, 7) is 14.2. The zero-order valence-corrected chi connectivity index (χ0v) is 9.09. The molecule has 0 amide bonds. The van der Waals surface area contributed by atoms with E-state index in [9.17, 15) is 0 Å². The number of nitrogens with one attached hydrogen (secondary N) is 1. The molecule has 1 heterocycles. The standard InChI is InChI=1S/C13H16N2/c1-10(2)12(4)15-8-11(3)13-6-5-7-14-9-13/h5-7,9,15H,1,3-4,8H2,2H3. The van der Waals surface area contributed by atoms with Gasteiger partial charge in [0, 0.05) is 24.6 Å². The van der Waals surface area contributed by atoms with E-state index < -0.39 is 0 Å². The summed E-state index contributed by atoms with van der Waals surface area (Å²) in [5.41, 5.74) is 3.82. The number of allylic oxidation sites excluding steroid dienone is 1. The minimum absolute atomic E-state index is 0.664. The second kappa shape index (κ2) is 5.15. The van der Waals surface area contributed by atoms with Gasteiger partial charge in [0.1, 0.15) is 0 Å². The van der Waals surface area contributed by atoms with Crippen LogP contribution in [0.15, 0.2) is 55.5 Å². The van der Waals surface area contributed by atoms with E-state index in [0.717, 1.165) is 22.4 Å². The van der Waals surface area contributed by atoms with Crippen LogP contribution in [-0.4, -0.2) is 11.5 Å². The summed E-state index contributed by atoms with van der Waals surface area (Å²) < 4.78 is 0. The van der Waals surface area contributed by atoms with Gasteiger partial charge in [0.15, 0.2) is 0 Å². The number of hydrogen-bond donors (Lipinski definition) is 1. The Morgan fingerprint density at radius 1 is 1.40 bits per heavy atom. The molecule has 0 unspecified atom stereocenters. The van der Waals surface area contributed by atoms with E-state index >= 15 is 0 Å². The minimum atomic E-state index is 0.664. The number of nitrogens with zero attached hydrogens (tertiary/aromatic N) is 1. The smallest absolute Gasteiger partial charge is 0.0401 e. The summed E-state index contributed by atoms with van der Waals surface area (Å²) in [5.74, 6) is 0. The molecule has 0 aliphatic rings. The molecule has 2 heteroatoms. The third kappa shape index (κ3) is 3.43. The highest BCUT2D eigenvalue weighted by Gasteiger charge is 1.99. The first-order chi connectivity index (χ1) is 7.11. The Labute approximate surface area is 91.1 Å². The molecule has 0 saturated carbocycles. The molecule has 1 rings (SSSR count). The van der Waals surface area contributed by atoms with Gasteiger partial charge in [0.25, 0.3) is 0 Å². The molecule has 0 spiro atoms. The summed E-state index contributed by atoms with van der Waals surface area (Å²) >= 11 is 0. The molecule has 1 N–H and O–H groups in total. The van der Waals surface area contributed by atoms with Crippen LogP contribution in [0.2, 0.25) is 0 Å². The van der Waals surface area contributed by atoms with E-state index in [0.29, 0.717) is 6.54 Å². The lowest BCUT2D eigenvalue weighted by Gasteiger charge is -2.10. The maximum Gasteiger partial charge on any atom is 0.0401 e. The van der Waals surface area contributed by atoms with E-state index in [1.807, 2.05) is 19.1 Å². The Morgan fingerprint density at radius 2 is 2.13 bits per heavy atom. The summed E-state index contributed by atoms with van der Waals surface area (Å²) in [6.07, 6.45) is 3.55. The lowest BCUT2D eigenvalue weighted by molar-refractivity contribution is 0.931. The summed E-state index contributed by atoms with van der Waals surface area (Å²) in [7, 11) is 0. The third-order valence-electron chi connectivity index (χ3n) is 2.10. The van der Waals surface area contributed by atoms with Gasteiger partial charge in [-0.05, 0) is 29.7 Å².